The molecule has 8 heteroatoms. The normalized spacial score (nSPS) is 17.2. The molecule has 0 aliphatic carbocycles. The maximum Gasteiger partial charge on any atom is 0.259 e. The first-order chi connectivity index (χ1) is 13.1. The van der Waals surface area contributed by atoms with Crippen molar-refractivity contribution in [1.29, 1.82) is 0 Å². The molecule has 1 atom stereocenters. The third kappa shape index (κ3) is 4.90. The lowest BCUT2D eigenvalue weighted by Gasteiger charge is -2.32. The molecule has 1 saturated heterocycles. The van der Waals surface area contributed by atoms with Crippen molar-refractivity contribution in [3.8, 4) is 0 Å². The highest BCUT2D eigenvalue weighted by Crippen LogP contribution is 2.26. The van der Waals surface area contributed by atoms with E-state index >= 15 is 0 Å². The van der Waals surface area contributed by atoms with Crippen molar-refractivity contribution in [3.05, 3.63) is 48.2 Å². The molecule has 2 aromatic rings. The molecule has 0 saturated carbocycles. The summed E-state index contributed by atoms with van der Waals surface area (Å²) in [5.74, 6) is 0.311. The third-order valence-electron chi connectivity index (χ3n) is 4.80. The van der Waals surface area contributed by atoms with Crippen molar-refractivity contribution in [2.45, 2.75) is 31.4 Å². The summed E-state index contributed by atoms with van der Waals surface area (Å²) in [4.78, 5) is 14.4. The molecule has 1 aromatic heterocycles. The molecule has 1 aliphatic rings. The van der Waals surface area contributed by atoms with Gasteiger partial charge in [-0.05, 0) is 18.4 Å². The quantitative estimate of drug-likeness (QED) is 0.804. The fraction of sp³-hybridized carbons (Fsp3) is 0.474. The SMILES string of the molecule is COC(C(=O)Nc1ccnn1C1CCN(CC(F)F)CC1)c1ccccc1. The van der Waals surface area contributed by atoms with E-state index in [-0.39, 0.29) is 18.5 Å². The van der Waals surface area contributed by atoms with Crippen LogP contribution < -0.4 is 5.32 Å². The molecule has 0 radical (unpaired) electrons. The van der Waals surface area contributed by atoms with Crippen molar-refractivity contribution >= 4 is 11.7 Å². The van der Waals surface area contributed by atoms with Crippen molar-refractivity contribution < 1.29 is 18.3 Å². The van der Waals surface area contributed by atoms with Gasteiger partial charge in [0.2, 0.25) is 0 Å². The first kappa shape index (κ1) is 19.4. The Hall–Kier alpha value is -2.32. The molecule has 1 aliphatic heterocycles. The first-order valence-electron chi connectivity index (χ1n) is 9.01. The zero-order chi connectivity index (χ0) is 19.2. The maximum atomic E-state index is 12.7. The summed E-state index contributed by atoms with van der Waals surface area (Å²) in [7, 11) is 1.49. The molecule has 6 nitrogen and oxygen atoms in total. The van der Waals surface area contributed by atoms with Crippen LogP contribution in [0.15, 0.2) is 42.6 Å². The van der Waals surface area contributed by atoms with Gasteiger partial charge in [0.15, 0.2) is 6.10 Å². The Labute approximate surface area is 157 Å². The number of hydrogen-bond acceptors (Lipinski definition) is 4. The fourth-order valence-electron chi connectivity index (χ4n) is 3.46. The Bertz CT molecular complexity index is 730. The van der Waals surface area contributed by atoms with E-state index in [0.29, 0.717) is 31.7 Å². The van der Waals surface area contributed by atoms with Gasteiger partial charge in [-0.15, -0.1) is 0 Å². The Kier molecular flexibility index (Phi) is 6.52. The van der Waals surface area contributed by atoms with Crippen LogP contribution >= 0.6 is 0 Å². The molecule has 1 unspecified atom stereocenters. The largest absolute Gasteiger partial charge is 0.367 e. The number of nitrogens with zero attached hydrogens (tertiary/aromatic N) is 3. The molecular formula is C19H24F2N4O2. The minimum atomic E-state index is -2.31. The first-order valence-corrected chi connectivity index (χ1v) is 9.01. The number of methoxy groups -OCH3 is 1. The molecule has 2 heterocycles. The van der Waals surface area contributed by atoms with Crippen molar-refractivity contribution in [2.24, 2.45) is 0 Å². The van der Waals surface area contributed by atoms with Gasteiger partial charge in [0.05, 0.1) is 18.8 Å². The van der Waals surface area contributed by atoms with E-state index in [9.17, 15) is 13.6 Å². The van der Waals surface area contributed by atoms with Gasteiger partial charge in [-0.2, -0.15) is 5.10 Å². The zero-order valence-corrected chi connectivity index (χ0v) is 15.2. The highest BCUT2D eigenvalue weighted by molar-refractivity contribution is 5.94. The van der Waals surface area contributed by atoms with Crippen molar-refractivity contribution in [2.75, 3.05) is 32.1 Å². The second-order valence-corrected chi connectivity index (χ2v) is 6.60. The highest BCUT2D eigenvalue weighted by Gasteiger charge is 2.26. The average molecular weight is 378 g/mol. The van der Waals surface area contributed by atoms with E-state index in [1.807, 2.05) is 30.3 Å². The average Bonchev–Trinajstić information content (AvgIpc) is 3.11. The van der Waals surface area contributed by atoms with Crippen LogP contribution in [0, 0.1) is 0 Å². The number of nitrogens with one attached hydrogen (secondary N) is 1. The number of benzene rings is 1. The molecule has 1 aromatic carbocycles. The predicted molar refractivity (Wildman–Crippen MR) is 97.8 cm³/mol. The molecule has 146 valence electrons. The smallest absolute Gasteiger partial charge is 0.259 e. The summed E-state index contributed by atoms with van der Waals surface area (Å²) < 4.78 is 32.2. The Balaban J connectivity index is 1.64. The number of carbonyl (C=O) groups excluding carboxylic acids is 1. The van der Waals surface area contributed by atoms with Crippen LogP contribution in [0.1, 0.15) is 30.6 Å². The monoisotopic (exact) mass is 378 g/mol. The number of likely N-dealkylation sites (tertiary alicyclic amines) is 1. The Morgan fingerprint density at radius 3 is 2.59 bits per heavy atom. The number of anilines is 1. The van der Waals surface area contributed by atoms with Crippen molar-refractivity contribution in [1.82, 2.24) is 14.7 Å². The number of halogens is 2. The lowest BCUT2D eigenvalue weighted by Crippen LogP contribution is -2.38. The molecular weight excluding hydrogens is 354 g/mol. The lowest BCUT2D eigenvalue weighted by atomic mass is 10.1. The van der Waals surface area contributed by atoms with E-state index in [0.717, 1.165) is 5.56 Å². The molecule has 3 rings (SSSR count). The number of carbonyl (C=O) groups is 1. The lowest BCUT2D eigenvalue weighted by molar-refractivity contribution is -0.126. The number of hydrogen-bond donors (Lipinski definition) is 1. The van der Waals surface area contributed by atoms with E-state index in [1.54, 1.807) is 21.8 Å². The van der Waals surface area contributed by atoms with E-state index in [2.05, 4.69) is 10.4 Å². The molecule has 27 heavy (non-hydrogen) atoms. The summed E-state index contributed by atoms with van der Waals surface area (Å²) in [6.45, 7) is 0.988. The third-order valence-corrected chi connectivity index (χ3v) is 4.80. The number of alkyl halides is 2. The van der Waals surface area contributed by atoms with Crippen LogP contribution in [0.25, 0.3) is 0 Å². The van der Waals surface area contributed by atoms with Crippen LogP contribution in [0.2, 0.25) is 0 Å². The molecule has 0 spiro atoms. The van der Waals surface area contributed by atoms with Gasteiger partial charge in [0.1, 0.15) is 5.82 Å². The van der Waals surface area contributed by atoms with E-state index < -0.39 is 12.5 Å². The van der Waals surface area contributed by atoms with E-state index in [4.69, 9.17) is 4.74 Å². The van der Waals surface area contributed by atoms with Gasteiger partial charge in [-0.3, -0.25) is 9.69 Å². The number of ether oxygens (including phenoxy) is 1. The zero-order valence-electron chi connectivity index (χ0n) is 15.2. The maximum absolute atomic E-state index is 12.7. The topological polar surface area (TPSA) is 59.4 Å². The summed E-state index contributed by atoms with van der Waals surface area (Å²) in [5, 5.41) is 7.21. The fourth-order valence-corrected chi connectivity index (χ4v) is 3.46. The Morgan fingerprint density at radius 2 is 1.96 bits per heavy atom. The highest BCUT2D eigenvalue weighted by atomic mass is 19.3. The van der Waals surface area contributed by atoms with Gasteiger partial charge >= 0.3 is 0 Å². The van der Waals surface area contributed by atoms with Gasteiger partial charge in [0.25, 0.3) is 12.3 Å². The minimum Gasteiger partial charge on any atom is -0.367 e. The Morgan fingerprint density at radius 1 is 1.26 bits per heavy atom. The molecule has 1 N–H and O–H groups in total. The van der Waals surface area contributed by atoms with Crippen LogP contribution in [0.3, 0.4) is 0 Å². The van der Waals surface area contributed by atoms with Crippen LogP contribution in [0.5, 0.6) is 0 Å². The summed E-state index contributed by atoms with van der Waals surface area (Å²) in [6.07, 6.45) is 0.0196. The van der Waals surface area contributed by atoms with Crippen molar-refractivity contribution in [3.63, 3.8) is 0 Å². The van der Waals surface area contributed by atoms with Gasteiger partial charge in [-0.1, -0.05) is 30.3 Å². The number of piperidine rings is 1. The summed E-state index contributed by atoms with van der Waals surface area (Å²) in [6, 6.07) is 11.1. The van der Waals surface area contributed by atoms with E-state index in [1.165, 1.54) is 7.11 Å². The van der Waals surface area contributed by atoms with Crippen LogP contribution in [-0.2, 0) is 9.53 Å². The molecule has 1 amide bonds. The van der Waals surface area contributed by atoms with Gasteiger partial charge < -0.3 is 10.1 Å². The standard InChI is InChI=1S/C19H24F2N4O2/c1-27-18(14-5-3-2-4-6-14)19(26)23-17-7-10-22-25(17)15-8-11-24(12-9-15)13-16(20)21/h2-7,10,15-16,18H,8-9,11-13H2,1H3,(H,23,26). The van der Waals surface area contributed by atoms with Crippen LogP contribution in [0.4, 0.5) is 14.6 Å². The second-order valence-electron chi connectivity index (χ2n) is 6.60. The second kappa shape index (κ2) is 9.05. The predicted octanol–water partition coefficient (Wildman–Crippen LogP) is 3.11. The number of aromatic nitrogens is 2. The molecule has 0 bridgehead atoms. The number of rotatable bonds is 7. The number of amides is 1. The molecule has 1 fully saturated rings. The van der Waals surface area contributed by atoms with Gasteiger partial charge in [0, 0.05) is 26.3 Å². The summed E-state index contributed by atoms with van der Waals surface area (Å²) >= 11 is 0. The van der Waals surface area contributed by atoms with Crippen LogP contribution in [-0.4, -0.2) is 53.8 Å². The minimum absolute atomic E-state index is 0.0712. The van der Waals surface area contributed by atoms with Gasteiger partial charge in [-0.25, -0.2) is 13.5 Å². The summed E-state index contributed by atoms with van der Waals surface area (Å²) in [5.41, 5.74) is 0.767.